The van der Waals surface area contributed by atoms with Gasteiger partial charge >= 0.3 is 0 Å². The number of nitrogens with zero attached hydrogens (tertiary/aromatic N) is 1. The summed E-state index contributed by atoms with van der Waals surface area (Å²) in [5.74, 6) is 1.14. The van der Waals surface area contributed by atoms with E-state index in [1.807, 2.05) is 6.07 Å². The second-order valence-electron chi connectivity index (χ2n) is 4.00. The van der Waals surface area contributed by atoms with E-state index in [4.69, 9.17) is 11.5 Å². The molecule has 5 heteroatoms. The third kappa shape index (κ3) is 3.10. The molecule has 1 unspecified atom stereocenters. The van der Waals surface area contributed by atoms with Gasteiger partial charge in [0.2, 0.25) is 0 Å². The lowest BCUT2D eigenvalue weighted by atomic mass is 10.2. The van der Waals surface area contributed by atoms with Gasteiger partial charge in [-0.2, -0.15) is 0 Å². The molecule has 2 aromatic heterocycles. The van der Waals surface area contributed by atoms with E-state index < -0.39 is 0 Å². The molecule has 0 amide bonds. The Morgan fingerprint density at radius 1 is 1.35 bits per heavy atom. The summed E-state index contributed by atoms with van der Waals surface area (Å²) in [4.78, 5) is 5.54. The van der Waals surface area contributed by atoms with Crippen LogP contribution in [0.5, 0.6) is 0 Å². The lowest BCUT2D eigenvalue weighted by Crippen LogP contribution is -2.18. The number of nitrogen functional groups attached to an aromatic ring is 2. The summed E-state index contributed by atoms with van der Waals surface area (Å²) < 4.78 is 0. The number of pyridine rings is 1. The number of thiophene rings is 1. The fourth-order valence-corrected chi connectivity index (χ4v) is 2.44. The predicted octanol–water partition coefficient (Wildman–Crippen LogP) is 2.35. The summed E-state index contributed by atoms with van der Waals surface area (Å²) in [6.45, 7) is 2.12. The van der Waals surface area contributed by atoms with Crippen LogP contribution < -0.4 is 16.8 Å². The lowest BCUT2D eigenvalue weighted by Gasteiger charge is -2.14. The van der Waals surface area contributed by atoms with Crippen molar-refractivity contribution in [2.24, 2.45) is 0 Å². The SMILES string of the molecule is CC(Cc1cccs1)Nc1ccc(N)c(N)n1. The highest BCUT2D eigenvalue weighted by atomic mass is 32.1. The monoisotopic (exact) mass is 248 g/mol. The molecule has 17 heavy (non-hydrogen) atoms. The highest BCUT2D eigenvalue weighted by molar-refractivity contribution is 7.09. The molecule has 0 aliphatic carbocycles. The molecule has 0 spiro atoms. The van der Waals surface area contributed by atoms with Gasteiger partial charge in [-0.3, -0.25) is 0 Å². The van der Waals surface area contributed by atoms with Crippen molar-refractivity contribution < 1.29 is 0 Å². The maximum Gasteiger partial charge on any atom is 0.149 e. The number of nitrogens with two attached hydrogens (primary N) is 2. The second-order valence-corrected chi connectivity index (χ2v) is 5.03. The largest absolute Gasteiger partial charge is 0.396 e. The van der Waals surface area contributed by atoms with Crippen molar-refractivity contribution in [3.8, 4) is 0 Å². The number of hydrogen-bond acceptors (Lipinski definition) is 5. The van der Waals surface area contributed by atoms with E-state index >= 15 is 0 Å². The van der Waals surface area contributed by atoms with Crippen molar-refractivity contribution in [3.63, 3.8) is 0 Å². The first-order valence-corrected chi connectivity index (χ1v) is 6.34. The molecular weight excluding hydrogens is 232 g/mol. The third-order valence-corrected chi connectivity index (χ3v) is 3.34. The summed E-state index contributed by atoms with van der Waals surface area (Å²) in [5.41, 5.74) is 11.8. The van der Waals surface area contributed by atoms with Crippen molar-refractivity contribution in [2.45, 2.75) is 19.4 Å². The molecule has 0 fully saturated rings. The first-order valence-electron chi connectivity index (χ1n) is 5.46. The Kier molecular flexibility index (Phi) is 3.49. The fourth-order valence-electron chi connectivity index (χ4n) is 1.60. The number of hydrogen-bond donors (Lipinski definition) is 3. The normalized spacial score (nSPS) is 12.3. The van der Waals surface area contributed by atoms with Crippen LogP contribution in [0.25, 0.3) is 0 Å². The van der Waals surface area contributed by atoms with Gasteiger partial charge in [-0.25, -0.2) is 4.98 Å². The fraction of sp³-hybridized carbons (Fsp3) is 0.250. The van der Waals surface area contributed by atoms with Crippen LogP contribution >= 0.6 is 11.3 Å². The van der Waals surface area contributed by atoms with Gasteiger partial charge in [-0.15, -0.1) is 11.3 Å². The van der Waals surface area contributed by atoms with Crippen LogP contribution in [0.15, 0.2) is 29.6 Å². The van der Waals surface area contributed by atoms with E-state index in [0.29, 0.717) is 17.5 Å². The average molecular weight is 248 g/mol. The minimum atomic E-state index is 0.309. The van der Waals surface area contributed by atoms with Gasteiger partial charge in [-0.05, 0) is 30.5 Å². The Morgan fingerprint density at radius 3 is 2.82 bits per heavy atom. The molecule has 0 aliphatic rings. The number of aromatic nitrogens is 1. The lowest BCUT2D eigenvalue weighted by molar-refractivity contribution is 0.795. The second kappa shape index (κ2) is 5.05. The Bertz CT molecular complexity index is 481. The molecule has 2 heterocycles. The Labute approximate surface area is 105 Å². The molecule has 0 aliphatic heterocycles. The Balaban J connectivity index is 1.98. The standard InChI is InChI=1S/C12H16N4S/c1-8(7-9-3-2-6-17-9)15-11-5-4-10(13)12(14)16-11/h2-6,8H,7,13H2,1H3,(H3,14,15,16). The van der Waals surface area contributed by atoms with Crippen LogP contribution in [0.3, 0.4) is 0 Å². The number of rotatable bonds is 4. The Hall–Kier alpha value is -1.75. The third-order valence-electron chi connectivity index (χ3n) is 2.44. The van der Waals surface area contributed by atoms with Crippen LogP contribution in [-0.2, 0) is 6.42 Å². The van der Waals surface area contributed by atoms with E-state index in [-0.39, 0.29) is 0 Å². The minimum Gasteiger partial charge on any atom is -0.396 e. The zero-order valence-electron chi connectivity index (χ0n) is 9.68. The van der Waals surface area contributed by atoms with Crippen LogP contribution in [0, 0.1) is 0 Å². The van der Waals surface area contributed by atoms with Gasteiger partial charge in [-0.1, -0.05) is 6.07 Å². The van der Waals surface area contributed by atoms with Gasteiger partial charge in [0.15, 0.2) is 0 Å². The number of anilines is 3. The van der Waals surface area contributed by atoms with Crippen LogP contribution in [0.4, 0.5) is 17.3 Å². The van der Waals surface area contributed by atoms with Crippen molar-refractivity contribution in [2.75, 3.05) is 16.8 Å². The average Bonchev–Trinajstić information content (AvgIpc) is 2.76. The first kappa shape index (κ1) is 11.7. The van der Waals surface area contributed by atoms with E-state index in [1.165, 1.54) is 4.88 Å². The zero-order valence-corrected chi connectivity index (χ0v) is 10.5. The summed E-state index contributed by atoms with van der Waals surface area (Å²) in [6, 6.07) is 8.11. The molecule has 0 aromatic carbocycles. The van der Waals surface area contributed by atoms with E-state index in [2.05, 4.69) is 34.7 Å². The minimum absolute atomic E-state index is 0.309. The summed E-state index contributed by atoms with van der Waals surface area (Å²) >= 11 is 1.76. The smallest absolute Gasteiger partial charge is 0.149 e. The molecule has 90 valence electrons. The highest BCUT2D eigenvalue weighted by Crippen LogP contribution is 2.17. The van der Waals surface area contributed by atoms with Crippen molar-refractivity contribution in [1.29, 1.82) is 0 Å². The quantitative estimate of drug-likeness (QED) is 0.776. The van der Waals surface area contributed by atoms with Gasteiger partial charge in [0.05, 0.1) is 5.69 Å². The van der Waals surface area contributed by atoms with Gasteiger partial charge in [0.25, 0.3) is 0 Å². The molecule has 0 saturated heterocycles. The summed E-state index contributed by atoms with van der Waals surface area (Å²) in [5, 5.41) is 5.39. The molecule has 0 saturated carbocycles. The number of nitrogens with one attached hydrogen (secondary N) is 1. The van der Waals surface area contributed by atoms with Crippen LogP contribution in [0.1, 0.15) is 11.8 Å². The van der Waals surface area contributed by atoms with Gasteiger partial charge in [0, 0.05) is 17.3 Å². The van der Waals surface area contributed by atoms with Gasteiger partial charge in [0.1, 0.15) is 11.6 Å². The first-order chi connectivity index (χ1) is 8.15. The maximum atomic E-state index is 5.66. The molecule has 4 nitrogen and oxygen atoms in total. The van der Waals surface area contributed by atoms with Crippen LogP contribution in [0.2, 0.25) is 0 Å². The molecule has 1 atom stereocenters. The molecule has 0 radical (unpaired) electrons. The topological polar surface area (TPSA) is 77.0 Å². The van der Waals surface area contributed by atoms with Crippen molar-refractivity contribution in [3.05, 3.63) is 34.5 Å². The molecule has 2 aromatic rings. The van der Waals surface area contributed by atoms with Gasteiger partial charge < -0.3 is 16.8 Å². The van der Waals surface area contributed by atoms with E-state index in [1.54, 1.807) is 17.4 Å². The van der Waals surface area contributed by atoms with E-state index in [9.17, 15) is 0 Å². The summed E-state index contributed by atoms with van der Waals surface area (Å²) in [7, 11) is 0. The van der Waals surface area contributed by atoms with E-state index in [0.717, 1.165) is 12.2 Å². The van der Waals surface area contributed by atoms with Crippen molar-refractivity contribution in [1.82, 2.24) is 4.98 Å². The van der Waals surface area contributed by atoms with Crippen LogP contribution in [-0.4, -0.2) is 11.0 Å². The van der Waals surface area contributed by atoms with Crippen molar-refractivity contribution >= 4 is 28.7 Å². The molecular formula is C12H16N4S. The molecule has 5 N–H and O–H groups in total. The zero-order chi connectivity index (χ0) is 12.3. The Morgan fingerprint density at radius 2 is 2.18 bits per heavy atom. The highest BCUT2D eigenvalue weighted by Gasteiger charge is 2.06. The molecule has 0 bridgehead atoms. The molecule has 2 rings (SSSR count). The predicted molar refractivity (Wildman–Crippen MR) is 74.2 cm³/mol. The maximum absolute atomic E-state index is 5.66. The summed E-state index contributed by atoms with van der Waals surface area (Å²) in [6.07, 6.45) is 0.976.